The van der Waals surface area contributed by atoms with Gasteiger partial charge in [-0.3, -0.25) is 19.1 Å². The number of ether oxygens (including phenoxy) is 1. The summed E-state index contributed by atoms with van der Waals surface area (Å²) >= 11 is 6.70. The first kappa shape index (κ1) is 24.5. The van der Waals surface area contributed by atoms with Gasteiger partial charge in [0.05, 0.1) is 17.1 Å². The van der Waals surface area contributed by atoms with Crippen LogP contribution in [0, 0.1) is 18.3 Å². The molecule has 2 fully saturated rings. The highest BCUT2D eigenvalue weighted by molar-refractivity contribution is 8.26. The lowest BCUT2D eigenvalue weighted by Crippen LogP contribution is -2.48. The molecule has 2 atom stereocenters. The number of hydrogen-bond donors (Lipinski definition) is 0. The maximum Gasteiger partial charge on any atom is 0.270 e. The van der Waals surface area contributed by atoms with Crippen molar-refractivity contribution in [3.63, 3.8) is 0 Å². The maximum absolute atomic E-state index is 13.2. The van der Waals surface area contributed by atoms with Crippen molar-refractivity contribution in [1.82, 2.24) is 9.47 Å². The van der Waals surface area contributed by atoms with Gasteiger partial charge in [-0.2, -0.15) is 5.26 Å². The number of carbonyl (C=O) groups is 1. The van der Waals surface area contributed by atoms with E-state index in [4.69, 9.17) is 17.0 Å². The van der Waals surface area contributed by atoms with Gasteiger partial charge in [-0.1, -0.05) is 37.8 Å². The molecule has 3 rings (SSSR count). The van der Waals surface area contributed by atoms with E-state index in [0.717, 1.165) is 24.2 Å². The minimum Gasteiger partial charge on any atom is -0.372 e. The lowest BCUT2D eigenvalue weighted by molar-refractivity contribution is -0.122. The van der Waals surface area contributed by atoms with E-state index >= 15 is 0 Å². The minimum absolute atomic E-state index is 0.00417. The summed E-state index contributed by atoms with van der Waals surface area (Å²) in [6, 6.07) is 2.09. The van der Waals surface area contributed by atoms with Gasteiger partial charge in [0.2, 0.25) is 0 Å². The van der Waals surface area contributed by atoms with Crippen LogP contribution >= 0.6 is 24.0 Å². The normalized spacial score (nSPS) is 22.7. The number of rotatable bonds is 6. The van der Waals surface area contributed by atoms with Gasteiger partial charge in [0.25, 0.3) is 11.5 Å². The number of hydrogen-bond acceptors (Lipinski definition) is 7. The number of aromatic nitrogens is 1. The molecular formula is C23H30N4O3S2. The third-order valence-corrected chi connectivity index (χ3v) is 6.99. The fraction of sp³-hybridized carbons (Fsp3) is 0.565. The first-order valence-corrected chi connectivity index (χ1v) is 12.3. The number of nitriles is 1. The van der Waals surface area contributed by atoms with E-state index in [-0.39, 0.29) is 29.2 Å². The molecule has 0 aromatic carbocycles. The highest BCUT2D eigenvalue weighted by Crippen LogP contribution is 2.36. The summed E-state index contributed by atoms with van der Waals surface area (Å²) in [6.07, 6.45) is 3.37. The van der Waals surface area contributed by atoms with Crippen LogP contribution in [0.1, 0.15) is 57.2 Å². The highest BCUT2D eigenvalue weighted by Gasteiger charge is 2.33. The molecule has 1 aromatic heterocycles. The summed E-state index contributed by atoms with van der Waals surface area (Å²) < 4.78 is 8.14. The lowest BCUT2D eigenvalue weighted by atomic mass is 10.0. The number of thiocarbonyl (C=S) groups is 1. The molecule has 2 aliphatic rings. The minimum atomic E-state index is -0.288. The highest BCUT2D eigenvalue weighted by atomic mass is 32.2. The lowest BCUT2D eigenvalue weighted by Gasteiger charge is -2.39. The molecule has 32 heavy (non-hydrogen) atoms. The zero-order valence-electron chi connectivity index (χ0n) is 19.3. The topological polar surface area (TPSA) is 78.6 Å². The van der Waals surface area contributed by atoms with E-state index in [1.807, 2.05) is 33.8 Å². The molecule has 1 aromatic rings. The second-order valence-electron chi connectivity index (χ2n) is 8.30. The number of thioether (sulfide) groups is 1. The molecule has 9 heteroatoms. The van der Waals surface area contributed by atoms with E-state index in [9.17, 15) is 14.9 Å². The van der Waals surface area contributed by atoms with Crippen molar-refractivity contribution in [2.45, 2.75) is 66.2 Å². The van der Waals surface area contributed by atoms with Crippen LogP contribution in [0.4, 0.5) is 5.82 Å². The molecule has 2 saturated heterocycles. The molecule has 7 nitrogen and oxygen atoms in total. The van der Waals surface area contributed by atoms with E-state index < -0.39 is 0 Å². The Morgan fingerprint density at radius 3 is 2.38 bits per heavy atom. The van der Waals surface area contributed by atoms with Gasteiger partial charge in [0.1, 0.15) is 21.8 Å². The summed E-state index contributed by atoms with van der Waals surface area (Å²) in [5.41, 5.74) is 1.15. The van der Waals surface area contributed by atoms with Crippen LogP contribution in [0.15, 0.2) is 9.70 Å². The van der Waals surface area contributed by atoms with Gasteiger partial charge in [0, 0.05) is 31.7 Å². The summed E-state index contributed by atoms with van der Waals surface area (Å²) in [4.78, 5) is 30.6. The van der Waals surface area contributed by atoms with Crippen molar-refractivity contribution in [1.29, 1.82) is 5.26 Å². The van der Waals surface area contributed by atoms with Gasteiger partial charge in [0.15, 0.2) is 0 Å². The molecule has 1 amide bonds. The van der Waals surface area contributed by atoms with Crippen molar-refractivity contribution in [2.24, 2.45) is 0 Å². The summed E-state index contributed by atoms with van der Waals surface area (Å²) in [5, 5.41) is 9.75. The number of carbonyl (C=O) groups excluding carboxylic acids is 1. The molecule has 0 bridgehead atoms. The number of morpholine rings is 1. The average molecular weight is 475 g/mol. The Morgan fingerprint density at radius 2 is 1.81 bits per heavy atom. The Kier molecular flexibility index (Phi) is 7.80. The Bertz CT molecular complexity index is 1050. The predicted molar refractivity (Wildman–Crippen MR) is 133 cm³/mol. The third kappa shape index (κ3) is 4.63. The van der Waals surface area contributed by atoms with Crippen molar-refractivity contribution >= 4 is 46.1 Å². The quantitative estimate of drug-likeness (QED) is 0.460. The van der Waals surface area contributed by atoms with Gasteiger partial charge in [-0.15, -0.1) is 0 Å². The summed E-state index contributed by atoms with van der Waals surface area (Å²) in [7, 11) is 0. The Hall–Kier alpha value is -2.15. The molecule has 3 heterocycles. The third-order valence-electron chi connectivity index (χ3n) is 5.61. The molecule has 0 aliphatic carbocycles. The summed E-state index contributed by atoms with van der Waals surface area (Å²) in [6.45, 7) is 12.1. The second kappa shape index (κ2) is 10.2. The van der Waals surface area contributed by atoms with Gasteiger partial charge in [-0.05, 0) is 45.3 Å². The van der Waals surface area contributed by atoms with E-state index in [2.05, 4.69) is 11.0 Å². The monoisotopic (exact) mass is 474 g/mol. The Balaban J connectivity index is 2.26. The standard InChI is InChI=1S/C23H30N4O3S2/c1-6-8-26-20(25-12-14(3)30-15(4)13-25)17(16(5)18(11-24)21(26)28)10-19-22(29)27(9-7-2)23(31)32-19/h10,14-15H,6-9,12-13H2,1-5H3. The number of pyridine rings is 1. The van der Waals surface area contributed by atoms with Gasteiger partial charge in [-0.25, -0.2) is 0 Å². The zero-order chi connectivity index (χ0) is 23.6. The molecule has 2 aliphatic heterocycles. The van der Waals surface area contributed by atoms with Crippen LogP contribution in [-0.4, -0.2) is 51.5 Å². The van der Waals surface area contributed by atoms with Crippen LogP contribution in [0.25, 0.3) is 6.08 Å². The van der Waals surface area contributed by atoms with Crippen LogP contribution < -0.4 is 10.5 Å². The summed E-state index contributed by atoms with van der Waals surface area (Å²) in [5.74, 6) is 0.624. The first-order valence-electron chi connectivity index (χ1n) is 11.1. The Labute approximate surface area is 199 Å². The van der Waals surface area contributed by atoms with Crippen LogP contribution in [0.3, 0.4) is 0 Å². The molecule has 172 valence electrons. The van der Waals surface area contributed by atoms with Crippen LogP contribution in [-0.2, 0) is 16.1 Å². The zero-order valence-corrected chi connectivity index (χ0v) is 20.9. The Morgan fingerprint density at radius 1 is 1.19 bits per heavy atom. The first-order chi connectivity index (χ1) is 15.2. The van der Waals surface area contributed by atoms with Crippen molar-refractivity contribution < 1.29 is 9.53 Å². The fourth-order valence-electron chi connectivity index (χ4n) is 4.31. The SMILES string of the molecule is CCCN1C(=O)C(=Cc2c(C)c(C#N)c(=O)n(CCC)c2N2CC(C)OC(C)C2)SC1=S. The van der Waals surface area contributed by atoms with Gasteiger partial charge >= 0.3 is 0 Å². The average Bonchev–Trinajstić information content (AvgIpc) is 2.99. The van der Waals surface area contributed by atoms with Crippen molar-refractivity contribution in [3.05, 3.63) is 31.9 Å². The molecule has 0 N–H and O–H groups in total. The van der Waals surface area contributed by atoms with Crippen molar-refractivity contribution in [3.8, 4) is 6.07 Å². The number of nitrogens with zero attached hydrogens (tertiary/aromatic N) is 4. The predicted octanol–water partition coefficient (Wildman–Crippen LogP) is 3.66. The van der Waals surface area contributed by atoms with Crippen molar-refractivity contribution in [2.75, 3.05) is 24.5 Å². The number of anilines is 1. The van der Waals surface area contributed by atoms with E-state index in [0.29, 0.717) is 41.0 Å². The largest absolute Gasteiger partial charge is 0.372 e. The molecule has 0 spiro atoms. The second-order valence-corrected chi connectivity index (χ2v) is 9.98. The fourth-order valence-corrected chi connectivity index (χ4v) is 5.60. The molecule has 2 unspecified atom stereocenters. The van der Waals surface area contributed by atoms with Crippen LogP contribution in [0.2, 0.25) is 0 Å². The molecule has 0 radical (unpaired) electrons. The van der Waals surface area contributed by atoms with E-state index in [1.165, 1.54) is 11.8 Å². The van der Waals surface area contributed by atoms with Crippen LogP contribution in [0.5, 0.6) is 0 Å². The molecule has 0 saturated carbocycles. The molecular weight excluding hydrogens is 444 g/mol. The smallest absolute Gasteiger partial charge is 0.270 e. The maximum atomic E-state index is 13.2. The van der Waals surface area contributed by atoms with Gasteiger partial charge < -0.3 is 9.64 Å². The number of amides is 1. The van der Waals surface area contributed by atoms with E-state index in [1.54, 1.807) is 16.4 Å².